The average molecular weight is 196 g/mol. The minimum atomic E-state index is -0.373. The molecule has 3 heteroatoms. The molecule has 0 atom stereocenters. The van der Waals surface area contributed by atoms with Gasteiger partial charge in [-0.15, -0.1) is 0 Å². The zero-order chi connectivity index (χ0) is 10.0. The number of rotatable bonds is 3. The number of carbonyl (C=O) groups excluding carboxylic acids is 1. The van der Waals surface area contributed by atoms with Crippen LogP contribution in [0.2, 0.25) is 0 Å². The molecule has 0 aromatic heterocycles. The molecule has 0 N–H and O–H groups in total. The topological polar surface area (TPSA) is 26.3 Å². The van der Waals surface area contributed by atoms with Gasteiger partial charge < -0.3 is 9.53 Å². The fourth-order valence-electron chi connectivity index (χ4n) is 0.479. The molecule has 0 aliphatic rings. The maximum atomic E-state index is 9.47. The second-order valence-electron chi connectivity index (χ2n) is 3.65. The van der Waals surface area contributed by atoms with Crippen LogP contribution < -0.4 is 29.6 Å². The fourth-order valence-corrected chi connectivity index (χ4v) is 0.479. The maximum Gasteiger partial charge on any atom is 1.00 e. The molecule has 2 nitrogen and oxygen atoms in total. The molecular formula is C10H21NaO2. The molecule has 0 amide bonds. The van der Waals surface area contributed by atoms with Gasteiger partial charge in [0.2, 0.25) is 0 Å². The van der Waals surface area contributed by atoms with Gasteiger partial charge >= 0.3 is 29.6 Å². The number of hydrogen-bond donors (Lipinski definition) is 0. The minimum Gasteiger partial charge on any atom is -0.649 e. The summed E-state index contributed by atoms with van der Waals surface area (Å²) in [5.74, 6) is 0. The molecule has 0 heterocycles. The van der Waals surface area contributed by atoms with Gasteiger partial charge in [0, 0.05) is 0 Å². The summed E-state index contributed by atoms with van der Waals surface area (Å²) in [4.78, 5) is 9.47. The van der Waals surface area contributed by atoms with Gasteiger partial charge in [0.1, 0.15) is 0 Å². The summed E-state index contributed by atoms with van der Waals surface area (Å²) in [6, 6.07) is 0. The van der Waals surface area contributed by atoms with Crippen molar-refractivity contribution in [2.45, 2.75) is 59.5 Å². The van der Waals surface area contributed by atoms with Crippen LogP contribution in [-0.2, 0) is 9.53 Å². The Hall–Kier alpha value is 0.470. The van der Waals surface area contributed by atoms with E-state index in [1.54, 1.807) is 20.8 Å². The van der Waals surface area contributed by atoms with Gasteiger partial charge in [0.05, 0.1) is 5.60 Å². The first-order chi connectivity index (χ1) is 5.47. The molecule has 0 spiro atoms. The Labute approximate surface area is 105 Å². The quantitative estimate of drug-likeness (QED) is 0.471. The van der Waals surface area contributed by atoms with E-state index < -0.39 is 0 Å². The van der Waals surface area contributed by atoms with E-state index in [0.717, 1.165) is 0 Å². The van der Waals surface area contributed by atoms with Crippen LogP contribution in [0.5, 0.6) is 0 Å². The summed E-state index contributed by atoms with van der Waals surface area (Å²) in [5.41, 5.74) is -0.373. The molecular weight excluding hydrogens is 175 g/mol. The van der Waals surface area contributed by atoms with Crippen molar-refractivity contribution in [1.82, 2.24) is 0 Å². The van der Waals surface area contributed by atoms with Crippen molar-refractivity contribution in [1.29, 1.82) is 0 Å². The van der Waals surface area contributed by atoms with Gasteiger partial charge in [-0.05, 0) is 20.8 Å². The van der Waals surface area contributed by atoms with E-state index in [2.05, 4.69) is 18.6 Å². The standard InChI is InChI=1S/C5H9O2.C5H12.Na/c1-5(2,3)7-4-6;1-3-5-4-2;/h1-3H3;3-5H2,1-2H3;/q-1;;+1. The Morgan fingerprint density at radius 3 is 1.54 bits per heavy atom. The summed E-state index contributed by atoms with van der Waals surface area (Å²) in [5, 5.41) is 0. The smallest absolute Gasteiger partial charge is 0.649 e. The van der Waals surface area contributed by atoms with Crippen LogP contribution in [0.25, 0.3) is 0 Å². The van der Waals surface area contributed by atoms with Crippen molar-refractivity contribution in [2.75, 3.05) is 0 Å². The van der Waals surface area contributed by atoms with Crippen LogP contribution in [0.3, 0.4) is 0 Å². The zero-order valence-electron chi connectivity index (χ0n) is 9.94. The molecule has 0 saturated carbocycles. The molecule has 0 aromatic carbocycles. The normalized spacial score (nSPS) is 9.00. The predicted molar refractivity (Wildman–Crippen MR) is 51.7 cm³/mol. The number of ether oxygens (including phenoxy) is 1. The van der Waals surface area contributed by atoms with E-state index in [1.807, 2.05) is 0 Å². The van der Waals surface area contributed by atoms with Crippen LogP contribution in [0, 0.1) is 0 Å². The monoisotopic (exact) mass is 196 g/mol. The Kier molecular flexibility index (Phi) is 18.3. The molecule has 0 saturated heterocycles. The van der Waals surface area contributed by atoms with Gasteiger partial charge in [-0.2, -0.15) is 0 Å². The van der Waals surface area contributed by atoms with Crippen molar-refractivity contribution < 1.29 is 39.1 Å². The van der Waals surface area contributed by atoms with Crippen molar-refractivity contribution in [3.63, 3.8) is 0 Å². The number of unbranched alkanes of at least 4 members (excludes halogenated alkanes) is 2. The summed E-state index contributed by atoms with van der Waals surface area (Å²) in [6.45, 7) is 11.2. The Balaban J connectivity index is -0.000000150. The van der Waals surface area contributed by atoms with Crippen molar-refractivity contribution in [3.05, 3.63) is 0 Å². The van der Waals surface area contributed by atoms with Gasteiger partial charge in [-0.3, -0.25) is 0 Å². The van der Waals surface area contributed by atoms with Crippen molar-refractivity contribution in [3.8, 4) is 0 Å². The van der Waals surface area contributed by atoms with E-state index in [-0.39, 0.29) is 35.2 Å². The van der Waals surface area contributed by atoms with Gasteiger partial charge in [-0.1, -0.05) is 39.6 Å². The van der Waals surface area contributed by atoms with E-state index in [9.17, 15) is 4.79 Å². The fraction of sp³-hybridized carbons (Fsp3) is 0.900. The Morgan fingerprint density at radius 1 is 1.15 bits per heavy atom. The van der Waals surface area contributed by atoms with Crippen LogP contribution >= 0.6 is 0 Å². The zero-order valence-corrected chi connectivity index (χ0v) is 11.9. The molecule has 0 unspecified atom stereocenters. The van der Waals surface area contributed by atoms with Gasteiger partial charge in [0.15, 0.2) is 0 Å². The Morgan fingerprint density at radius 2 is 1.54 bits per heavy atom. The third kappa shape index (κ3) is 32.7. The van der Waals surface area contributed by atoms with E-state index in [0.29, 0.717) is 0 Å². The second kappa shape index (κ2) is 12.5. The summed E-state index contributed by atoms with van der Waals surface area (Å²) < 4.78 is 4.42. The van der Waals surface area contributed by atoms with Crippen LogP contribution in [0.4, 0.5) is 0 Å². The molecule has 13 heavy (non-hydrogen) atoms. The van der Waals surface area contributed by atoms with Gasteiger partial charge in [-0.25, -0.2) is 0 Å². The number of hydrogen-bond acceptors (Lipinski definition) is 2. The maximum absolute atomic E-state index is 9.47. The molecule has 0 radical (unpaired) electrons. The van der Waals surface area contributed by atoms with Crippen molar-refractivity contribution in [2.24, 2.45) is 0 Å². The summed E-state index contributed by atoms with van der Waals surface area (Å²) >= 11 is 0. The second-order valence-corrected chi connectivity index (χ2v) is 3.65. The predicted octanol–water partition coefficient (Wildman–Crippen LogP) is 0.0692. The Bertz CT molecular complexity index is 95.6. The van der Waals surface area contributed by atoms with Gasteiger partial charge in [0.25, 0.3) is 0 Å². The SMILES string of the molecule is CC(C)(C)O[C-]=O.CCCCC.[Na+]. The first-order valence-corrected chi connectivity index (χ1v) is 4.53. The third-order valence-electron chi connectivity index (χ3n) is 1.05. The first-order valence-electron chi connectivity index (χ1n) is 4.53. The van der Waals surface area contributed by atoms with Crippen LogP contribution in [0.15, 0.2) is 0 Å². The van der Waals surface area contributed by atoms with Crippen LogP contribution in [0.1, 0.15) is 53.9 Å². The molecule has 74 valence electrons. The summed E-state index contributed by atoms with van der Waals surface area (Å²) in [7, 11) is 0. The molecule has 0 rings (SSSR count). The molecule has 0 aromatic rings. The molecule has 0 fully saturated rings. The molecule has 0 aliphatic carbocycles. The largest absolute Gasteiger partial charge is 1.00 e. The summed E-state index contributed by atoms with van der Waals surface area (Å²) in [6.07, 6.45) is 4.08. The van der Waals surface area contributed by atoms with E-state index in [4.69, 9.17) is 0 Å². The average Bonchev–Trinajstić information content (AvgIpc) is 1.87. The van der Waals surface area contributed by atoms with E-state index >= 15 is 0 Å². The third-order valence-corrected chi connectivity index (χ3v) is 1.05. The van der Waals surface area contributed by atoms with Crippen LogP contribution in [-0.4, -0.2) is 12.1 Å². The van der Waals surface area contributed by atoms with E-state index in [1.165, 1.54) is 25.7 Å². The molecule has 0 aliphatic heterocycles. The molecule has 0 bridgehead atoms. The minimum absolute atomic E-state index is 0. The van der Waals surface area contributed by atoms with Crippen molar-refractivity contribution >= 4 is 6.47 Å². The first kappa shape index (κ1) is 19.1.